The maximum absolute atomic E-state index is 12.8. The predicted octanol–water partition coefficient (Wildman–Crippen LogP) is 2.31. The molecule has 0 aromatic carbocycles. The van der Waals surface area contributed by atoms with Crippen molar-refractivity contribution in [2.45, 2.75) is 38.1 Å². The Kier molecular flexibility index (Phi) is 4.77. The number of nitrogens with one attached hydrogen (secondary N) is 1. The van der Waals surface area contributed by atoms with Crippen molar-refractivity contribution in [1.29, 1.82) is 0 Å². The Morgan fingerprint density at radius 2 is 2.03 bits per heavy atom. The molecule has 1 atom stereocenters. The topological polar surface area (TPSA) is 86.6 Å². The van der Waals surface area contributed by atoms with Crippen LogP contribution in [-0.2, 0) is 4.79 Å². The Morgan fingerprint density at radius 3 is 2.83 bits per heavy atom. The van der Waals surface area contributed by atoms with Crippen LogP contribution < -0.4 is 10.5 Å². The van der Waals surface area contributed by atoms with E-state index in [4.69, 9.17) is 5.10 Å². The molecule has 2 fully saturated rings. The molecule has 3 aromatic heterocycles. The fraction of sp³-hybridized carbons (Fsp3) is 0.455. The number of aromatic nitrogens is 4. The van der Waals surface area contributed by atoms with Crippen LogP contribution in [0.15, 0.2) is 41.5 Å². The van der Waals surface area contributed by atoms with Gasteiger partial charge in [-0.15, -0.1) is 5.10 Å². The van der Waals surface area contributed by atoms with Crippen LogP contribution in [0.3, 0.4) is 0 Å². The summed E-state index contributed by atoms with van der Waals surface area (Å²) in [7, 11) is 1.95. The average molecular weight is 406 g/mol. The Labute approximate surface area is 174 Å². The molecular weight excluding hydrogens is 380 g/mol. The number of rotatable bonds is 4. The molecule has 156 valence electrons. The fourth-order valence-corrected chi connectivity index (χ4v) is 4.75. The monoisotopic (exact) mass is 406 g/mol. The lowest BCUT2D eigenvalue weighted by molar-refractivity contribution is -0.135. The van der Waals surface area contributed by atoms with Crippen molar-refractivity contribution in [2.75, 3.05) is 25.0 Å². The van der Waals surface area contributed by atoms with Crippen LogP contribution in [0.25, 0.3) is 16.9 Å². The van der Waals surface area contributed by atoms with Gasteiger partial charge in [-0.3, -0.25) is 9.59 Å². The molecule has 1 saturated carbocycles. The number of carbonyl (C=O) groups excluding carboxylic acids is 1. The van der Waals surface area contributed by atoms with E-state index in [1.54, 1.807) is 29.0 Å². The van der Waals surface area contributed by atoms with Gasteiger partial charge in [0.25, 0.3) is 5.56 Å². The minimum Gasteiger partial charge on any atom is -0.353 e. The smallest absolute Gasteiger partial charge is 0.257 e. The maximum atomic E-state index is 12.8. The van der Waals surface area contributed by atoms with Crippen LogP contribution >= 0.6 is 0 Å². The maximum Gasteiger partial charge on any atom is 0.257 e. The van der Waals surface area contributed by atoms with Gasteiger partial charge in [0.05, 0.1) is 23.5 Å². The fourth-order valence-electron chi connectivity index (χ4n) is 4.75. The summed E-state index contributed by atoms with van der Waals surface area (Å²) >= 11 is 0. The first kappa shape index (κ1) is 18.8. The van der Waals surface area contributed by atoms with Crippen molar-refractivity contribution in [3.8, 4) is 11.3 Å². The minimum atomic E-state index is -0.167. The third kappa shape index (κ3) is 3.26. The molecule has 8 heteroatoms. The van der Waals surface area contributed by atoms with Gasteiger partial charge in [-0.1, -0.05) is 12.8 Å². The van der Waals surface area contributed by atoms with Crippen molar-refractivity contribution in [3.63, 3.8) is 0 Å². The molecule has 5 rings (SSSR count). The first-order valence-electron chi connectivity index (χ1n) is 10.7. The second-order valence-corrected chi connectivity index (χ2v) is 8.34. The second-order valence-electron chi connectivity index (χ2n) is 8.34. The van der Waals surface area contributed by atoms with Crippen molar-refractivity contribution in [1.82, 2.24) is 24.5 Å². The molecule has 3 aromatic rings. The number of imidazole rings is 1. The summed E-state index contributed by atoms with van der Waals surface area (Å²) in [4.78, 5) is 36.3. The van der Waals surface area contributed by atoms with E-state index >= 15 is 0 Å². The number of anilines is 1. The number of likely N-dealkylation sites (N-methyl/N-ethyl adjacent to an activating group) is 1. The number of nitrogens with zero attached hydrogens (tertiary/aromatic N) is 5. The lowest BCUT2D eigenvalue weighted by Gasteiger charge is -2.27. The van der Waals surface area contributed by atoms with E-state index in [1.807, 2.05) is 24.1 Å². The van der Waals surface area contributed by atoms with Gasteiger partial charge in [0.15, 0.2) is 5.65 Å². The molecule has 0 spiro atoms. The van der Waals surface area contributed by atoms with Gasteiger partial charge in [0.2, 0.25) is 5.91 Å². The van der Waals surface area contributed by atoms with Crippen LogP contribution in [0.1, 0.15) is 32.1 Å². The number of hydrogen-bond acceptors (Lipinski definition) is 5. The van der Waals surface area contributed by atoms with Gasteiger partial charge < -0.3 is 14.8 Å². The van der Waals surface area contributed by atoms with E-state index in [1.165, 1.54) is 12.8 Å². The highest BCUT2D eigenvalue weighted by Crippen LogP contribution is 2.29. The van der Waals surface area contributed by atoms with Gasteiger partial charge in [0.1, 0.15) is 5.82 Å². The molecule has 8 nitrogen and oxygen atoms in total. The summed E-state index contributed by atoms with van der Waals surface area (Å²) in [5, 5.41) is 4.77. The van der Waals surface area contributed by atoms with Crippen molar-refractivity contribution < 1.29 is 4.79 Å². The van der Waals surface area contributed by atoms with E-state index in [-0.39, 0.29) is 17.5 Å². The number of amides is 1. The van der Waals surface area contributed by atoms with Crippen molar-refractivity contribution in [3.05, 3.63) is 47.0 Å². The van der Waals surface area contributed by atoms with Crippen LogP contribution in [-0.4, -0.2) is 56.6 Å². The molecule has 30 heavy (non-hydrogen) atoms. The van der Waals surface area contributed by atoms with Crippen LogP contribution in [0.4, 0.5) is 5.82 Å². The average Bonchev–Trinajstić information content (AvgIpc) is 3.53. The van der Waals surface area contributed by atoms with Gasteiger partial charge in [-0.25, -0.2) is 9.50 Å². The molecule has 1 aliphatic heterocycles. The predicted molar refractivity (Wildman–Crippen MR) is 114 cm³/mol. The van der Waals surface area contributed by atoms with Gasteiger partial charge in [-0.05, 0) is 43.5 Å². The van der Waals surface area contributed by atoms with E-state index in [0.717, 1.165) is 38.2 Å². The lowest BCUT2D eigenvalue weighted by Crippen LogP contribution is -2.41. The summed E-state index contributed by atoms with van der Waals surface area (Å²) in [6, 6.07) is 7.65. The van der Waals surface area contributed by atoms with Crippen molar-refractivity contribution in [2.24, 2.45) is 5.92 Å². The van der Waals surface area contributed by atoms with E-state index in [0.29, 0.717) is 22.8 Å². The van der Waals surface area contributed by atoms with Crippen molar-refractivity contribution >= 4 is 17.4 Å². The zero-order chi connectivity index (χ0) is 20.7. The van der Waals surface area contributed by atoms with Crippen LogP contribution in [0.5, 0.6) is 0 Å². The number of aromatic amines is 1. The highest BCUT2D eigenvalue weighted by atomic mass is 16.2. The number of carbonyl (C=O) groups is 1. The normalized spacial score (nSPS) is 19.6. The molecule has 1 aliphatic carbocycles. The molecule has 1 amide bonds. The summed E-state index contributed by atoms with van der Waals surface area (Å²) in [5.41, 5.74) is 1.73. The first-order valence-corrected chi connectivity index (χ1v) is 10.7. The van der Waals surface area contributed by atoms with Gasteiger partial charge in [-0.2, -0.15) is 0 Å². The molecule has 0 radical (unpaired) electrons. The van der Waals surface area contributed by atoms with Crippen LogP contribution in [0.2, 0.25) is 0 Å². The first-order chi connectivity index (χ1) is 14.6. The minimum absolute atomic E-state index is 0.167. The van der Waals surface area contributed by atoms with Gasteiger partial charge >= 0.3 is 0 Å². The zero-order valence-electron chi connectivity index (χ0n) is 17.1. The molecule has 0 bridgehead atoms. The SMILES string of the molecule is CN(C(=O)C1CCCC1)C1CCN(c2ccc3ncc(-c4ccc[nH]c4=O)n3n2)C1. The number of hydrogen-bond donors (Lipinski definition) is 1. The number of fused-ring (bicyclic) bond motifs is 1. The molecular formula is C22H26N6O2. The molecule has 2 aliphatic rings. The highest BCUT2D eigenvalue weighted by molar-refractivity contribution is 5.79. The standard InChI is InChI=1S/C22H26N6O2/c1-26(22(30)15-5-2-3-6-15)16-10-12-27(14-16)20-9-8-19-24-13-18(28(19)25-20)17-7-4-11-23-21(17)29/h4,7-9,11,13,15-16H,2-3,5-6,10,12,14H2,1H3,(H,23,29). The highest BCUT2D eigenvalue weighted by Gasteiger charge is 2.33. The zero-order valence-corrected chi connectivity index (χ0v) is 17.1. The van der Waals surface area contributed by atoms with Gasteiger partial charge in [0, 0.05) is 32.3 Å². The Morgan fingerprint density at radius 1 is 1.20 bits per heavy atom. The van der Waals surface area contributed by atoms with E-state index in [9.17, 15) is 9.59 Å². The molecule has 1 N–H and O–H groups in total. The van der Waals surface area contributed by atoms with Crippen LogP contribution in [0, 0.1) is 5.92 Å². The number of H-pyrrole nitrogens is 1. The lowest BCUT2D eigenvalue weighted by atomic mass is 10.1. The largest absolute Gasteiger partial charge is 0.353 e. The molecule has 1 unspecified atom stereocenters. The summed E-state index contributed by atoms with van der Waals surface area (Å²) in [6.07, 6.45) is 8.62. The summed E-state index contributed by atoms with van der Waals surface area (Å²) in [6.45, 7) is 1.62. The Balaban J connectivity index is 1.38. The van der Waals surface area contributed by atoms with E-state index in [2.05, 4.69) is 14.9 Å². The Hall–Kier alpha value is -3.16. The summed E-state index contributed by atoms with van der Waals surface area (Å²) in [5.74, 6) is 1.33. The second kappa shape index (κ2) is 7.59. The quantitative estimate of drug-likeness (QED) is 0.719. The van der Waals surface area contributed by atoms with E-state index < -0.39 is 0 Å². The molecule has 1 saturated heterocycles. The molecule has 4 heterocycles. The third-order valence-electron chi connectivity index (χ3n) is 6.53. The Bertz CT molecular complexity index is 1130. The summed E-state index contributed by atoms with van der Waals surface area (Å²) < 4.78 is 1.72. The third-order valence-corrected chi connectivity index (χ3v) is 6.53. The number of pyridine rings is 1.